The molecule has 0 saturated heterocycles. The molecule has 2 aromatic rings. The number of hydrogen-bond acceptors (Lipinski definition) is 3. The van der Waals surface area contributed by atoms with Crippen molar-refractivity contribution < 1.29 is 4.74 Å². The third-order valence-electron chi connectivity index (χ3n) is 3.60. The second kappa shape index (κ2) is 7.25. The molecule has 0 unspecified atom stereocenters. The van der Waals surface area contributed by atoms with Gasteiger partial charge in [-0.2, -0.15) is 0 Å². The molecule has 2 rings (SSSR count). The molecule has 3 nitrogen and oxygen atoms in total. The van der Waals surface area contributed by atoms with Crippen LogP contribution in [0.1, 0.15) is 22.3 Å². The molecule has 0 saturated carbocycles. The van der Waals surface area contributed by atoms with E-state index in [9.17, 15) is 0 Å². The van der Waals surface area contributed by atoms with Gasteiger partial charge in [0.15, 0.2) is 0 Å². The average molecular weight is 284 g/mol. The summed E-state index contributed by atoms with van der Waals surface area (Å²) in [6, 6.07) is 14.9. The Hall–Kier alpha value is -1.84. The summed E-state index contributed by atoms with van der Waals surface area (Å²) in [6.07, 6.45) is 0. The molecule has 0 radical (unpaired) electrons. The van der Waals surface area contributed by atoms with Gasteiger partial charge in [0.25, 0.3) is 0 Å². The molecule has 2 N–H and O–H groups in total. The molecule has 0 aliphatic carbocycles. The highest BCUT2D eigenvalue weighted by Gasteiger charge is 2.06. The number of benzene rings is 2. The first-order valence-electron chi connectivity index (χ1n) is 7.22. The zero-order valence-electron chi connectivity index (χ0n) is 13.1. The predicted molar refractivity (Wildman–Crippen MR) is 87.2 cm³/mol. The molecule has 0 aliphatic rings. The Morgan fingerprint density at radius 1 is 1.00 bits per heavy atom. The van der Waals surface area contributed by atoms with Crippen LogP contribution in [0.15, 0.2) is 42.5 Å². The molecular formula is C18H24N2O. The van der Waals surface area contributed by atoms with Crippen LogP contribution in [0, 0.1) is 6.92 Å². The zero-order valence-corrected chi connectivity index (χ0v) is 13.1. The van der Waals surface area contributed by atoms with Crippen molar-refractivity contribution in [1.29, 1.82) is 0 Å². The van der Waals surface area contributed by atoms with E-state index >= 15 is 0 Å². The molecule has 0 aliphatic heterocycles. The van der Waals surface area contributed by atoms with Crippen LogP contribution in [0.25, 0.3) is 0 Å². The van der Waals surface area contributed by atoms with Crippen LogP contribution < -0.4 is 10.5 Å². The molecule has 0 spiro atoms. The van der Waals surface area contributed by atoms with Crippen LogP contribution in [0.4, 0.5) is 0 Å². The zero-order chi connectivity index (χ0) is 15.2. The lowest BCUT2D eigenvalue weighted by Gasteiger charge is -2.18. The molecular weight excluding hydrogens is 260 g/mol. The van der Waals surface area contributed by atoms with E-state index < -0.39 is 0 Å². The molecule has 112 valence electrons. The van der Waals surface area contributed by atoms with E-state index in [4.69, 9.17) is 10.5 Å². The monoisotopic (exact) mass is 284 g/mol. The largest absolute Gasteiger partial charge is 0.496 e. The van der Waals surface area contributed by atoms with E-state index in [1.807, 2.05) is 6.07 Å². The van der Waals surface area contributed by atoms with Crippen LogP contribution in [0.5, 0.6) is 5.75 Å². The van der Waals surface area contributed by atoms with Gasteiger partial charge in [-0.3, -0.25) is 4.90 Å². The maximum Gasteiger partial charge on any atom is 0.123 e. The minimum atomic E-state index is 0.503. The van der Waals surface area contributed by atoms with Crippen LogP contribution in [-0.2, 0) is 19.6 Å². The second-order valence-corrected chi connectivity index (χ2v) is 5.51. The molecule has 3 heteroatoms. The van der Waals surface area contributed by atoms with Gasteiger partial charge in [-0.15, -0.1) is 0 Å². The Morgan fingerprint density at radius 3 is 2.24 bits per heavy atom. The summed E-state index contributed by atoms with van der Waals surface area (Å²) in [4.78, 5) is 2.29. The van der Waals surface area contributed by atoms with Gasteiger partial charge < -0.3 is 10.5 Å². The number of methoxy groups -OCH3 is 1. The molecule has 0 fully saturated rings. The van der Waals surface area contributed by atoms with Crippen molar-refractivity contribution >= 4 is 0 Å². The standard InChI is InChI=1S/C18H24N2O/c1-14-4-6-15(7-5-14)12-20(2)13-16-8-9-17(11-19)18(10-16)21-3/h4-10H,11-13,19H2,1-3H3. The normalized spacial score (nSPS) is 10.9. The molecule has 0 aromatic heterocycles. The molecule has 0 bridgehead atoms. The van der Waals surface area contributed by atoms with Gasteiger partial charge in [0.2, 0.25) is 0 Å². The fraction of sp³-hybridized carbons (Fsp3) is 0.333. The summed E-state index contributed by atoms with van der Waals surface area (Å²) in [6.45, 7) is 4.43. The minimum absolute atomic E-state index is 0.503. The maximum absolute atomic E-state index is 5.70. The van der Waals surface area contributed by atoms with Crippen molar-refractivity contribution in [3.05, 3.63) is 64.7 Å². The summed E-state index contributed by atoms with van der Waals surface area (Å²) in [7, 11) is 3.82. The van der Waals surface area contributed by atoms with Crippen LogP contribution in [0.2, 0.25) is 0 Å². The fourth-order valence-corrected chi connectivity index (χ4v) is 2.43. The first-order valence-corrected chi connectivity index (χ1v) is 7.22. The number of ether oxygens (including phenoxy) is 1. The van der Waals surface area contributed by atoms with Crippen molar-refractivity contribution in [1.82, 2.24) is 4.90 Å². The summed E-state index contributed by atoms with van der Waals surface area (Å²) < 4.78 is 5.39. The van der Waals surface area contributed by atoms with Crippen molar-refractivity contribution in [3.63, 3.8) is 0 Å². The van der Waals surface area contributed by atoms with Crippen molar-refractivity contribution in [2.75, 3.05) is 14.2 Å². The van der Waals surface area contributed by atoms with Gasteiger partial charge >= 0.3 is 0 Å². The number of rotatable bonds is 6. The highest BCUT2D eigenvalue weighted by molar-refractivity contribution is 5.37. The van der Waals surface area contributed by atoms with Crippen LogP contribution >= 0.6 is 0 Å². The summed E-state index contributed by atoms with van der Waals surface area (Å²) in [5.74, 6) is 0.874. The molecule has 2 aromatic carbocycles. The number of nitrogens with zero attached hydrogens (tertiary/aromatic N) is 1. The van der Waals surface area contributed by atoms with Gasteiger partial charge in [-0.05, 0) is 31.2 Å². The predicted octanol–water partition coefficient (Wildman–Crippen LogP) is 3.09. The van der Waals surface area contributed by atoms with Gasteiger partial charge in [-0.1, -0.05) is 42.0 Å². The summed E-state index contributed by atoms with van der Waals surface area (Å²) >= 11 is 0. The Balaban J connectivity index is 2.02. The lowest BCUT2D eigenvalue weighted by atomic mass is 10.1. The fourth-order valence-electron chi connectivity index (χ4n) is 2.43. The topological polar surface area (TPSA) is 38.5 Å². The van der Waals surface area contributed by atoms with E-state index in [-0.39, 0.29) is 0 Å². The molecule has 0 amide bonds. The highest BCUT2D eigenvalue weighted by Crippen LogP contribution is 2.20. The first-order chi connectivity index (χ1) is 10.1. The van der Waals surface area contributed by atoms with Gasteiger partial charge in [-0.25, -0.2) is 0 Å². The molecule has 0 atom stereocenters. The number of hydrogen-bond donors (Lipinski definition) is 1. The maximum atomic E-state index is 5.70. The lowest BCUT2D eigenvalue weighted by Crippen LogP contribution is -2.17. The number of aryl methyl sites for hydroxylation is 1. The van der Waals surface area contributed by atoms with E-state index in [0.717, 1.165) is 24.4 Å². The lowest BCUT2D eigenvalue weighted by molar-refractivity contribution is 0.318. The Bertz CT molecular complexity index is 578. The van der Waals surface area contributed by atoms with Gasteiger partial charge in [0, 0.05) is 25.2 Å². The second-order valence-electron chi connectivity index (χ2n) is 5.51. The van der Waals surface area contributed by atoms with E-state index in [1.54, 1.807) is 7.11 Å². The van der Waals surface area contributed by atoms with Crippen molar-refractivity contribution in [3.8, 4) is 5.75 Å². The van der Waals surface area contributed by atoms with Crippen LogP contribution in [0.3, 0.4) is 0 Å². The SMILES string of the molecule is COc1cc(CN(C)Cc2ccc(C)cc2)ccc1CN. The third kappa shape index (κ3) is 4.31. The first kappa shape index (κ1) is 15.5. The van der Waals surface area contributed by atoms with E-state index in [2.05, 4.69) is 55.3 Å². The Labute approximate surface area is 127 Å². The summed E-state index contributed by atoms with van der Waals surface area (Å²) in [5.41, 5.74) is 10.6. The average Bonchev–Trinajstić information content (AvgIpc) is 2.49. The summed E-state index contributed by atoms with van der Waals surface area (Å²) in [5, 5.41) is 0. The number of nitrogens with two attached hydrogens (primary N) is 1. The van der Waals surface area contributed by atoms with Gasteiger partial charge in [0.05, 0.1) is 7.11 Å². The van der Waals surface area contributed by atoms with Crippen molar-refractivity contribution in [2.45, 2.75) is 26.6 Å². The van der Waals surface area contributed by atoms with Gasteiger partial charge in [0.1, 0.15) is 5.75 Å². The van der Waals surface area contributed by atoms with E-state index in [0.29, 0.717) is 6.54 Å². The Kier molecular flexibility index (Phi) is 5.37. The van der Waals surface area contributed by atoms with Crippen LogP contribution in [-0.4, -0.2) is 19.1 Å². The van der Waals surface area contributed by atoms with Crippen molar-refractivity contribution in [2.24, 2.45) is 5.73 Å². The van der Waals surface area contributed by atoms with E-state index in [1.165, 1.54) is 16.7 Å². The molecule has 0 heterocycles. The third-order valence-corrected chi connectivity index (χ3v) is 3.60. The minimum Gasteiger partial charge on any atom is -0.496 e. The quantitative estimate of drug-likeness (QED) is 0.886. The smallest absolute Gasteiger partial charge is 0.123 e. The highest BCUT2D eigenvalue weighted by atomic mass is 16.5. The molecule has 21 heavy (non-hydrogen) atoms. The Morgan fingerprint density at radius 2 is 1.62 bits per heavy atom.